The maximum atomic E-state index is 12.7. The van der Waals surface area contributed by atoms with E-state index < -0.39 is 11.3 Å². The van der Waals surface area contributed by atoms with Crippen molar-refractivity contribution in [2.75, 3.05) is 5.32 Å². The third-order valence-corrected chi connectivity index (χ3v) is 5.04. The summed E-state index contributed by atoms with van der Waals surface area (Å²) in [5.41, 5.74) is 3.61. The van der Waals surface area contributed by atoms with E-state index in [4.69, 9.17) is 11.6 Å². The summed E-state index contributed by atoms with van der Waals surface area (Å²) in [5, 5.41) is 7.39. The summed E-state index contributed by atoms with van der Waals surface area (Å²) in [7, 11) is 0. The average Bonchev–Trinajstić information content (AvgIpc) is 3.11. The van der Waals surface area contributed by atoms with E-state index >= 15 is 0 Å². The van der Waals surface area contributed by atoms with E-state index in [1.807, 2.05) is 30.3 Å². The number of hydrogen-bond donors (Lipinski definition) is 1. The maximum Gasteiger partial charge on any atom is 0.280 e. The molecule has 2 heterocycles. The Morgan fingerprint density at radius 2 is 1.96 bits per heavy atom. The predicted molar refractivity (Wildman–Crippen MR) is 107 cm³/mol. The number of benzene rings is 2. The van der Waals surface area contributed by atoms with Crippen molar-refractivity contribution >= 4 is 44.7 Å². The summed E-state index contributed by atoms with van der Waals surface area (Å²) >= 11 is 7.62. The molecule has 2 aromatic carbocycles. The van der Waals surface area contributed by atoms with Gasteiger partial charge in [-0.1, -0.05) is 29.8 Å². The van der Waals surface area contributed by atoms with E-state index in [9.17, 15) is 9.59 Å². The predicted octanol–water partition coefficient (Wildman–Crippen LogP) is 4.06. The van der Waals surface area contributed by atoms with E-state index in [0.717, 1.165) is 10.4 Å². The Kier molecular flexibility index (Phi) is 4.47. The summed E-state index contributed by atoms with van der Waals surface area (Å²) in [4.78, 5) is 29.2. The highest BCUT2D eigenvalue weighted by molar-refractivity contribution is 7.16. The molecule has 0 aliphatic rings. The summed E-state index contributed by atoms with van der Waals surface area (Å²) in [6.07, 6.45) is 0. The van der Waals surface area contributed by atoms with Crippen molar-refractivity contribution in [3.8, 4) is 5.69 Å². The van der Waals surface area contributed by atoms with Crippen molar-refractivity contribution in [3.05, 3.63) is 80.7 Å². The van der Waals surface area contributed by atoms with Crippen molar-refractivity contribution in [3.63, 3.8) is 0 Å². The lowest BCUT2D eigenvalue weighted by molar-refractivity contribution is 0.101. The molecule has 0 aliphatic heterocycles. The van der Waals surface area contributed by atoms with Crippen molar-refractivity contribution < 1.29 is 4.79 Å². The van der Waals surface area contributed by atoms with E-state index in [2.05, 4.69) is 15.4 Å². The fourth-order valence-electron chi connectivity index (χ4n) is 2.72. The van der Waals surface area contributed by atoms with Crippen LogP contribution in [0, 0.1) is 6.92 Å². The smallest absolute Gasteiger partial charge is 0.280 e. The first-order valence-electron chi connectivity index (χ1n) is 8.03. The first kappa shape index (κ1) is 17.4. The van der Waals surface area contributed by atoms with Crippen LogP contribution >= 0.6 is 22.9 Å². The molecule has 27 heavy (non-hydrogen) atoms. The molecule has 2 aromatic heterocycles. The lowest BCUT2D eigenvalue weighted by Gasteiger charge is -2.11. The summed E-state index contributed by atoms with van der Waals surface area (Å²) in [6.45, 7) is 1.76. The minimum absolute atomic E-state index is 0.190. The molecule has 134 valence electrons. The number of nitrogens with zero attached hydrogens (tertiary/aromatic N) is 3. The SMILES string of the molecule is Cc1cc(=O)c(C(=O)Nc2cc(Cl)c3ncsc3c2)nn1-c1ccccc1. The molecule has 0 saturated carbocycles. The number of thiazole rings is 1. The van der Waals surface area contributed by atoms with E-state index in [-0.39, 0.29) is 5.69 Å². The Balaban J connectivity index is 1.71. The van der Waals surface area contributed by atoms with Crippen molar-refractivity contribution in [2.45, 2.75) is 6.92 Å². The van der Waals surface area contributed by atoms with Crippen LogP contribution in [-0.2, 0) is 0 Å². The Morgan fingerprint density at radius 3 is 2.74 bits per heavy atom. The second-order valence-electron chi connectivity index (χ2n) is 5.86. The van der Waals surface area contributed by atoms with Crippen molar-refractivity contribution in [1.29, 1.82) is 0 Å². The number of nitrogens with one attached hydrogen (secondary N) is 1. The Morgan fingerprint density at radius 1 is 1.19 bits per heavy atom. The number of carbonyl (C=O) groups excluding carboxylic acids is 1. The van der Waals surface area contributed by atoms with Gasteiger partial charge < -0.3 is 5.32 Å². The summed E-state index contributed by atoms with van der Waals surface area (Å²) in [5.74, 6) is -0.593. The van der Waals surface area contributed by atoms with Gasteiger partial charge in [-0.2, -0.15) is 5.10 Å². The molecule has 8 heteroatoms. The fraction of sp³-hybridized carbons (Fsp3) is 0.0526. The third-order valence-electron chi connectivity index (χ3n) is 3.97. The second-order valence-corrected chi connectivity index (χ2v) is 7.15. The van der Waals surface area contributed by atoms with Crippen LogP contribution in [-0.4, -0.2) is 20.7 Å². The zero-order valence-electron chi connectivity index (χ0n) is 14.1. The first-order valence-corrected chi connectivity index (χ1v) is 9.29. The second kappa shape index (κ2) is 6.94. The number of amides is 1. The highest BCUT2D eigenvalue weighted by Gasteiger charge is 2.16. The molecule has 0 bridgehead atoms. The van der Waals surface area contributed by atoms with Crippen molar-refractivity contribution in [2.24, 2.45) is 0 Å². The van der Waals surface area contributed by atoms with E-state index in [1.54, 1.807) is 29.2 Å². The van der Waals surface area contributed by atoms with E-state index in [1.165, 1.54) is 17.4 Å². The van der Waals surface area contributed by atoms with Crippen LogP contribution in [0.25, 0.3) is 15.9 Å². The van der Waals surface area contributed by atoms with Crippen molar-refractivity contribution in [1.82, 2.24) is 14.8 Å². The molecule has 0 atom stereocenters. The van der Waals surface area contributed by atoms with Gasteiger partial charge in [0.25, 0.3) is 5.91 Å². The molecule has 0 saturated heterocycles. The number of anilines is 1. The van der Waals surface area contributed by atoms with Crippen LogP contribution in [0.2, 0.25) is 5.02 Å². The van der Waals surface area contributed by atoms with Gasteiger partial charge in [0.2, 0.25) is 5.43 Å². The zero-order chi connectivity index (χ0) is 19.0. The van der Waals surface area contributed by atoms with Crippen LogP contribution in [0.4, 0.5) is 5.69 Å². The molecular weight excluding hydrogens is 384 g/mol. The molecule has 6 nitrogen and oxygen atoms in total. The molecule has 0 radical (unpaired) electrons. The van der Waals surface area contributed by atoms with Crippen LogP contribution in [0.3, 0.4) is 0 Å². The number of carbonyl (C=O) groups is 1. The Bertz CT molecular complexity index is 1220. The summed E-state index contributed by atoms with van der Waals surface area (Å²) in [6, 6.07) is 14.1. The number of hydrogen-bond acceptors (Lipinski definition) is 5. The van der Waals surface area contributed by atoms with Gasteiger partial charge in [-0.15, -0.1) is 11.3 Å². The van der Waals surface area contributed by atoms with Gasteiger partial charge in [0.15, 0.2) is 5.69 Å². The maximum absolute atomic E-state index is 12.7. The fourth-order valence-corrected chi connectivity index (χ4v) is 3.79. The normalized spacial score (nSPS) is 10.9. The molecule has 1 amide bonds. The third kappa shape index (κ3) is 3.34. The van der Waals surface area contributed by atoms with Crippen LogP contribution in [0.5, 0.6) is 0 Å². The Hall–Kier alpha value is -3.03. The number of aryl methyl sites for hydroxylation is 1. The molecule has 1 N–H and O–H groups in total. The monoisotopic (exact) mass is 396 g/mol. The van der Waals surface area contributed by atoms with E-state index in [0.29, 0.717) is 21.9 Å². The molecule has 0 aliphatic carbocycles. The van der Waals surface area contributed by atoms with Crippen LogP contribution < -0.4 is 10.7 Å². The number of para-hydroxylation sites is 1. The standard InChI is InChI=1S/C19H13ClN4O2S/c1-11-7-15(25)18(23-24(11)13-5-3-2-4-6-13)19(26)22-12-8-14(20)17-16(9-12)27-10-21-17/h2-10H,1H3,(H,22,26). The van der Waals surface area contributed by atoms with Gasteiger partial charge in [0.1, 0.15) is 0 Å². The van der Waals surface area contributed by atoms with Gasteiger partial charge in [-0.3, -0.25) is 9.59 Å². The highest BCUT2D eigenvalue weighted by atomic mass is 35.5. The van der Waals surface area contributed by atoms with Gasteiger partial charge in [-0.25, -0.2) is 9.67 Å². The minimum atomic E-state index is -0.593. The van der Waals surface area contributed by atoms with Crippen LogP contribution in [0.1, 0.15) is 16.2 Å². The first-order chi connectivity index (χ1) is 13.0. The largest absolute Gasteiger partial charge is 0.320 e. The lowest BCUT2D eigenvalue weighted by Crippen LogP contribution is -2.26. The average molecular weight is 397 g/mol. The number of halogens is 1. The quantitative estimate of drug-likeness (QED) is 0.566. The number of fused-ring (bicyclic) bond motifs is 1. The molecule has 0 unspecified atom stereocenters. The molecule has 4 rings (SSSR count). The Labute approximate surface area is 163 Å². The molecular formula is C19H13ClN4O2S. The van der Waals surface area contributed by atoms with Gasteiger partial charge in [0, 0.05) is 17.4 Å². The number of rotatable bonds is 3. The molecule has 4 aromatic rings. The van der Waals surface area contributed by atoms with Crippen LogP contribution in [0.15, 0.2) is 58.8 Å². The molecule has 0 fully saturated rings. The summed E-state index contributed by atoms with van der Waals surface area (Å²) < 4.78 is 2.41. The number of aromatic nitrogens is 3. The topological polar surface area (TPSA) is 76.9 Å². The lowest BCUT2D eigenvalue weighted by atomic mass is 10.2. The van der Waals surface area contributed by atoms with Gasteiger partial charge in [0.05, 0.1) is 26.4 Å². The highest BCUT2D eigenvalue weighted by Crippen LogP contribution is 2.29. The van der Waals surface area contributed by atoms with Gasteiger partial charge >= 0.3 is 0 Å². The van der Waals surface area contributed by atoms with Gasteiger partial charge in [-0.05, 0) is 31.2 Å². The molecule has 0 spiro atoms. The zero-order valence-corrected chi connectivity index (χ0v) is 15.7. The minimum Gasteiger partial charge on any atom is -0.320 e.